The van der Waals surface area contributed by atoms with Crippen molar-refractivity contribution in [3.8, 4) is 23.0 Å². The van der Waals surface area contributed by atoms with Crippen LogP contribution in [0.3, 0.4) is 0 Å². The number of ether oxygens (including phenoxy) is 4. The molecule has 0 radical (unpaired) electrons. The third-order valence-electron chi connectivity index (χ3n) is 6.93. The van der Waals surface area contributed by atoms with Crippen LogP contribution in [0.4, 0.5) is 5.69 Å². The van der Waals surface area contributed by atoms with E-state index in [0.717, 1.165) is 34.5 Å². The van der Waals surface area contributed by atoms with E-state index in [0.29, 0.717) is 40.5 Å². The van der Waals surface area contributed by atoms with Crippen LogP contribution in [0, 0.1) is 6.92 Å². The molecule has 1 amide bonds. The van der Waals surface area contributed by atoms with Crippen molar-refractivity contribution in [1.29, 1.82) is 0 Å². The van der Waals surface area contributed by atoms with Crippen LogP contribution in [0.1, 0.15) is 22.3 Å². The normalized spacial score (nSPS) is 16.0. The molecule has 0 spiro atoms. The number of aryl methyl sites for hydroxylation is 1. The zero-order valence-corrected chi connectivity index (χ0v) is 24.2. The molecular formula is C34H30N2O5S. The average Bonchev–Trinajstić information content (AvgIpc) is 3.60. The largest absolute Gasteiger partial charge is 0.493 e. The number of nitrogens with zero attached hydrogens (tertiary/aromatic N) is 2. The Morgan fingerprint density at radius 1 is 0.905 bits per heavy atom. The van der Waals surface area contributed by atoms with Gasteiger partial charge in [-0.2, -0.15) is 0 Å². The molecule has 1 saturated heterocycles. The first-order valence-corrected chi connectivity index (χ1v) is 14.5. The Hall–Kier alpha value is -4.69. The van der Waals surface area contributed by atoms with Crippen molar-refractivity contribution < 1.29 is 23.7 Å². The Morgan fingerprint density at radius 3 is 2.52 bits per heavy atom. The summed E-state index contributed by atoms with van der Waals surface area (Å²) < 4.78 is 22.5. The molecule has 42 heavy (non-hydrogen) atoms. The Kier molecular flexibility index (Phi) is 8.14. The SMILES string of the molecule is COc1cc(/C=C2/SC(=Nc3ccc(C)cc3)N(CCc3ccccc3)C2=O)ccc1OCc1ccc2c(c1)OCO2. The van der Waals surface area contributed by atoms with Crippen molar-refractivity contribution in [1.82, 2.24) is 4.90 Å². The summed E-state index contributed by atoms with van der Waals surface area (Å²) in [6, 6.07) is 29.5. The summed E-state index contributed by atoms with van der Waals surface area (Å²) in [6.07, 6.45) is 2.61. The molecule has 0 aliphatic carbocycles. The van der Waals surface area contributed by atoms with Crippen LogP contribution in [-0.4, -0.2) is 36.4 Å². The van der Waals surface area contributed by atoms with E-state index >= 15 is 0 Å². The first-order valence-electron chi connectivity index (χ1n) is 13.7. The van der Waals surface area contributed by atoms with E-state index in [2.05, 4.69) is 12.1 Å². The van der Waals surface area contributed by atoms with Crippen molar-refractivity contribution in [2.24, 2.45) is 4.99 Å². The summed E-state index contributed by atoms with van der Waals surface area (Å²) >= 11 is 1.38. The molecule has 0 saturated carbocycles. The second-order valence-corrected chi connectivity index (χ2v) is 10.9. The molecule has 0 N–H and O–H groups in total. The minimum atomic E-state index is -0.0658. The number of thioether (sulfide) groups is 1. The molecule has 1 fully saturated rings. The van der Waals surface area contributed by atoms with Crippen LogP contribution >= 0.6 is 11.8 Å². The molecule has 2 heterocycles. The van der Waals surface area contributed by atoms with E-state index in [1.807, 2.05) is 91.9 Å². The highest BCUT2D eigenvalue weighted by molar-refractivity contribution is 8.18. The van der Waals surface area contributed by atoms with E-state index in [9.17, 15) is 4.79 Å². The van der Waals surface area contributed by atoms with Gasteiger partial charge < -0.3 is 18.9 Å². The van der Waals surface area contributed by atoms with E-state index in [-0.39, 0.29) is 12.7 Å². The lowest BCUT2D eigenvalue weighted by Gasteiger charge is -2.15. The lowest BCUT2D eigenvalue weighted by molar-refractivity contribution is -0.122. The fourth-order valence-corrected chi connectivity index (χ4v) is 5.66. The number of carbonyl (C=O) groups excluding carboxylic acids is 1. The highest BCUT2D eigenvalue weighted by Crippen LogP contribution is 2.37. The molecular weight excluding hydrogens is 548 g/mol. The molecule has 8 heteroatoms. The van der Waals surface area contributed by atoms with Crippen molar-refractivity contribution in [2.45, 2.75) is 20.0 Å². The van der Waals surface area contributed by atoms with Gasteiger partial charge >= 0.3 is 0 Å². The number of hydrogen-bond acceptors (Lipinski definition) is 7. The number of benzene rings is 4. The van der Waals surface area contributed by atoms with Gasteiger partial charge in [-0.1, -0.05) is 60.2 Å². The second-order valence-electron chi connectivity index (χ2n) is 9.92. The van der Waals surface area contributed by atoms with Crippen molar-refractivity contribution >= 4 is 34.6 Å². The van der Waals surface area contributed by atoms with Gasteiger partial charge in [-0.15, -0.1) is 0 Å². The smallest absolute Gasteiger partial charge is 0.266 e. The van der Waals surface area contributed by atoms with Gasteiger partial charge in [0.05, 0.1) is 17.7 Å². The maximum absolute atomic E-state index is 13.6. The molecule has 0 unspecified atom stereocenters. The van der Waals surface area contributed by atoms with Gasteiger partial charge in [0, 0.05) is 6.54 Å². The molecule has 0 atom stereocenters. The van der Waals surface area contributed by atoms with Crippen LogP contribution in [0.15, 0.2) is 101 Å². The fraction of sp³-hybridized carbons (Fsp3) is 0.176. The van der Waals surface area contributed by atoms with Crippen LogP contribution in [0.5, 0.6) is 23.0 Å². The lowest BCUT2D eigenvalue weighted by atomic mass is 10.1. The Balaban J connectivity index is 1.21. The van der Waals surface area contributed by atoms with Crippen LogP contribution in [-0.2, 0) is 17.8 Å². The van der Waals surface area contributed by atoms with E-state index < -0.39 is 0 Å². The van der Waals surface area contributed by atoms with Crippen LogP contribution in [0.2, 0.25) is 0 Å². The van der Waals surface area contributed by atoms with Gasteiger partial charge in [-0.05, 0) is 84.3 Å². The zero-order chi connectivity index (χ0) is 28.9. The molecule has 0 aromatic heterocycles. The predicted octanol–water partition coefficient (Wildman–Crippen LogP) is 7.16. The number of aliphatic imine (C=N–C) groups is 1. The molecule has 212 valence electrons. The van der Waals surface area contributed by atoms with Gasteiger partial charge in [0.1, 0.15) is 6.61 Å². The standard InChI is InChI=1S/C34H30N2O5S/c1-23-8-12-27(13-9-23)35-34-36(17-16-24-6-4-3-5-7-24)33(37)32(42-34)20-25-10-14-28(30(18-25)38-2)39-21-26-11-15-29-31(19-26)41-22-40-29/h3-15,18-20H,16-17,21-22H2,1-2H3/b32-20+,35-34?. The predicted molar refractivity (Wildman–Crippen MR) is 166 cm³/mol. The number of amides is 1. The lowest BCUT2D eigenvalue weighted by Crippen LogP contribution is -2.31. The molecule has 2 aliphatic heterocycles. The number of carbonyl (C=O) groups is 1. The molecule has 0 bridgehead atoms. The van der Waals surface area contributed by atoms with Crippen molar-refractivity contribution in [2.75, 3.05) is 20.4 Å². The number of rotatable bonds is 9. The number of amidine groups is 1. The van der Waals surface area contributed by atoms with E-state index in [4.69, 9.17) is 23.9 Å². The maximum Gasteiger partial charge on any atom is 0.266 e. The highest BCUT2D eigenvalue weighted by Gasteiger charge is 2.33. The Morgan fingerprint density at radius 2 is 1.71 bits per heavy atom. The Labute approximate surface area is 249 Å². The van der Waals surface area contributed by atoms with Crippen LogP contribution in [0.25, 0.3) is 6.08 Å². The van der Waals surface area contributed by atoms with E-state index in [1.54, 1.807) is 12.0 Å². The molecule has 2 aliphatic rings. The number of methoxy groups -OCH3 is 1. The van der Waals surface area contributed by atoms with Gasteiger partial charge in [0.15, 0.2) is 28.2 Å². The monoisotopic (exact) mass is 578 g/mol. The summed E-state index contributed by atoms with van der Waals surface area (Å²) in [6.45, 7) is 3.15. The zero-order valence-electron chi connectivity index (χ0n) is 23.4. The number of fused-ring (bicyclic) bond motifs is 1. The summed E-state index contributed by atoms with van der Waals surface area (Å²) in [5.41, 5.74) is 4.93. The van der Waals surface area contributed by atoms with Crippen molar-refractivity contribution in [3.63, 3.8) is 0 Å². The maximum atomic E-state index is 13.6. The highest BCUT2D eigenvalue weighted by atomic mass is 32.2. The summed E-state index contributed by atoms with van der Waals surface area (Å²) in [5, 5.41) is 0.668. The molecule has 6 rings (SSSR count). The topological polar surface area (TPSA) is 69.6 Å². The van der Waals surface area contributed by atoms with Gasteiger partial charge in [0.25, 0.3) is 5.91 Å². The third kappa shape index (κ3) is 6.29. The summed E-state index contributed by atoms with van der Waals surface area (Å²) in [7, 11) is 1.60. The second kappa shape index (κ2) is 12.4. The molecule has 4 aromatic rings. The summed E-state index contributed by atoms with van der Waals surface area (Å²) in [4.78, 5) is 20.8. The van der Waals surface area contributed by atoms with Gasteiger partial charge in [0.2, 0.25) is 6.79 Å². The summed E-state index contributed by atoms with van der Waals surface area (Å²) in [5.74, 6) is 2.57. The van der Waals surface area contributed by atoms with Crippen molar-refractivity contribution in [3.05, 3.63) is 118 Å². The third-order valence-corrected chi connectivity index (χ3v) is 7.94. The average molecular weight is 579 g/mol. The quantitative estimate of drug-likeness (QED) is 0.196. The Bertz CT molecular complexity index is 1650. The van der Waals surface area contributed by atoms with Gasteiger partial charge in [-0.25, -0.2) is 4.99 Å². The fourth-order valence-electron chi connectivity index (χ4n) is 4.64. The minimum absolute atomic E-state index is 0.0658. The molecule has 4 aromatic carbocycles. The molecule has 7 nitrogen and oxygen atoms in total. The minimum Gasteiger partial charge on any atom is -0.493 e. The van der Waals surface area contributed by atoms with E-state index in [1.165, 1.54) is 17.3 Å². The van der Waals surface area contributed by atoms with Gasteiger partial charge in [-0.3, -0.25) is 9.69 Å². The first kappa shape index (κ1) is 27.5. The van der Waals surface area contributed by atoms with Crippen LogP contribution < -0.4 is 18.9 Å². The number of hydrogen-bond donors (Lipinski definition) is 0. The first-order chi connectivity index (χ1) is 20.6.